The van der Waals surface area contributed by atoms with Gasteiger partial charge in [0.05, 0.1) is 24.3 Å². The average Bonchev–Trinajstić information content (AvgIpc) is 3.99. The fourth-order valence-corrected chi connectivity index (χ4v) is 10.3. The largest absolute Gasteiger partial charge is 0.506 e. The molecule has 1 aromatic heterocycles. The molecular formula is C56H60N4O9. The van der Waals surface area contributed by atoms with Crippen LogP contribution in [0.1, 0.15) is 82.8 Å². The third-order valence-electron chi connectivity index (χ3n) is 14.3. The molecule has 0 radical (unpaired) electrons. The van der Waals surface area contributed by atoms with Crippen LogP contribution in [0.2, 0.25) is 0 Å². The standard InChI is InChI=1S/C56H60N4O9/c61-49(46-22-24-50(62)53-47(46)23-25-51(63)57-53)17-8-7-10-38-18-20-41(21-19-38)54(65)60-31-28-42-34-59(35-48(42)60)52(64)37-68-45-16-9-15-44(32-45)56(67,43-13-5-2-6-14-43)55(66)69-36-40-26-29-58(30-27-40)33-39-11-3-1-4-12-39/h1-6,9,11-16,18-25,32,40,42,48-49,61-62,67H,7-8,10,17,26-31,33-37H2,(H,57,63)/t42-,48+,49+,56+/m1/s1. The highest BCUT2D eigenvalue weighted by Gasteiger charge is 2.45. The molecule has 0 aliphatic carbocycles. The topological polar surface area (TPSA) is 173 Å². The summed E-state index contributed by atoms with van der Waals surface area (Å²) in [6.45, 7) is 4.20. The van der Waals surface area contributed by atoms with E-state index in [-0.39, 0.29) is 59.8 Å². The number of hydrogen-bond donors (Lipinski definition) is 4. The van der Waals surface area contributed by atoms with E-state index in [1.807, 2.05) is 41.3 Å². The van der Waals surface area contributed by atoms with Crippen LogP contribution in [0.4, 0.5) is 0 Å². The van der Waals surface area contributed by atoms with E-state index in [1.165, 1.54) is 17.7 Å². The predicted octanol–water partition coefficient (Wildman–Crippen LogP) is 7.12. The first-order valence-electron chi connectivity index (χ1n) is 24.2. The summed E-state index contributed by atoms with van der Waals surface area (Å²) in [6, 6.07) is 39.5. The van der Waals surface area contributed by atoms with Gasteiger partial charge in [0, 0.05) is 54.7 Å². The third kappa shape index (κ3) is 10.8. The minimum Gasteiger partial charge on any atom is -0.506 e. The molecular weight excluding hydrogens is 873 g/mol. The van der Waals surface area contributed by atoms with Crippen molar-refractivity contribution in [2.75, 3.05) is 45.9 Å². The molecule has 358 valence electrons. The van der Waals surface area contributed by atoms with E-state index in [0.717, 1.165) is 63.7 Å². The molecule has 5 aromatic carbocycles. The highest BCUT2D eigenvalue weighted by atomic mass is 16.6. The lowest BCUT2D eigenvalue weighted by atomic mass is 9.86. The van der Waals surface area contributed by atoms with Crippen LogP contribution in [0, 0.1) is 11.8 Å². The number of nitrogens with zero attached hydrogens (tertiary/aromatic N) is 3. The summed E-state index contributed by atoms with van der Waals surface area (Å²) in [5.41, 5.74) is 2.14. The van der Waals surface area contributed by atoms with E-state index in [4.69, 9.17) is 9.47 Å². The van der Waals surface area contributed by atoms with Crippen LogP contribution in [-0.2, 0) is 32.9 Å². The van der Waals surface area contributed by atoms with E-state index in [0.29, 0.717) is 59.4 Å². The Morgan fingerprint density at radius 1 is 0.768 bits per heavy atom. The van der Waals surface area contributed by atoms with Gasteiger partial charge in [0.2, 0.25) is 11.2 Å². The number of unbranched alkanes of at least 4 members (excludes halogenated alkanes) is 1. The summed E-state index contributed by atoms with van der Waals surface area (Å²) < 4.78 is 11.9. The molecule has 3 fully saturated rings. The van der Waals surface area contributed by atoms with Crippen molar-refractivity contribution in [1.29, 1.82) is 0 Å². The molecule has 4 heterocycles. The van der Waals surface area contributed by atoms with Gasteiger partial charge in [-0.1, -0.05) is 97.4 Å². The van der Waals surface area contributed by atoms with E-state index >= 15 is 0 Å². The number of carbonyl (C=O) groups is 3. The van der Waals surface area contributed by atoms with Gasteiger partial charge in [-0.15, -0.1) is 0 Å². The number of esters is 1. The van der Waals surface area contributed by atoms with Crippen molar-refractivity contribution in [2.45, 2.75) is 69.2 Å². The molecule has 13 heteroatoms. The molecule has 2 amide bonds. The number of H-pyrrole nitrogens is 1. The molecule has 4 atom stereocenters. The normalized spacial score (nSPS) is 18.7. The zero-order valence-electron chi connectivity index (χ0n) is 38.8. The molecule has 0 saturated carbocycles. The highest BCUT2D eigenvalue weighted by molar-refractivity contribution is 5.95. The minimum absolute atomic E-state index is 0.0404. The van der Waals surface area contributed by atoms with Crippen LogP contribution in [0.15, 0.2) is 138 Å². The summed E-state index contributed by atoms with van der Waals surface area (Å²) in [4.78, 5) is 61.9. The molecule has 0 unspecified atom stereocenters. The monoisotopic (exact) mass is 932 g/mol. The Balaban J connectivity index is 0.749. The van der Waals surface area contributed by atoms with Gasteiger partial charge in [0.1, 0.15) is 11.5 Å². The van der Waals surface area contributed by atoms with Crippen molar-refractivity contribution >= 4 is 28.7 Å². The van der Waals surface area contributed by atoms with Gasteiger partial charge in [0.25, 0.3) is 11.8 Å². The lowest BCUT2D eigenvalue weighted by molar-refractivity contribution is -0.164. The van der Waals surface area contributed by atoms with Gasteiger partial charge in [-0.3, -0.25) is 19.3 Å². The number of aromatic nitrogens is 1. The van der Waals surface area contributed by atoms with E-state index in [9.17, 15) is 34.5 Å². The van der Waals surface area contributed by atoms with Gasteiger partial charge in [-0.05, 0) is 116 Å². The molecule has 9 rings (SSSR count). The predicted molar refractivity (Wildman–Crippen MR) is 261 cm³/mol. The molecule has 0 bridgehead atoms. The van der Waals surface area contributed by atoms with Crippen molar-refractivity contribution < 1.29 is 39.2 Å². The molecule has 3 aliphatic rings. The van der Waals surface area contributed by atoms with Gasteiger partial charge in [-0.2, -0.15) is 0 Å². The molecule has 4 N–H and O–H groups in total. The summed E-state index contributed by atoms with van der Waals surface area (Å²) >= 11 is 0. The molecule has 0 spiro atoms. The Hall–Kier alpha value is -6.80. The average molecular weight is 933 g/mol. The van der Waals surface area contributed by atoms with Crippen molar-refractivity contribution in [3.63, 3.8) is 0 Å². The lowest BCUT2D eigenvalue weighted by Crippen LogP contribution is -2.41. The number of pyridine rings is 1. The number of hydrogen-bond acceptors (Lipinski definition) is 10. The Bertz CT molecular complexity index is 2790. The Kier molecular flexibility index (Phi) is 14.5. The van der Waals surface area contributed by atoms with Crippen molar-refractivity contribution in [3.8, 4) is 11.5 Å². The number of aromatic hydroxyl groups is 1. The zero-order chi connectivity index (χ0) is 47.9. The van der Waals surface area contributed by atoms with Crippen LogP contribution < -0.4 is 10.3 Å². The number of phenolic OH excluding ortho intramolecular Hbond substituents is 1. The second-order valence-electron chi connectivity index (χ2n) is 18.9. The molecule has 6 aromatic rings. The number of aliphatic hydroxyl groups excluding tert-OH is 1. The molecule has 3 aliphatic heterocycles. The van der Waals surface area contributed by atoms with Crippen LogP contribution in [0.25, 0.3) is 10.9 Å². The number of phenols is 1. The maximum absolute atomic E-state index is 14.0. The second-order valence-corrected chi connectivity index (χ2v) is 18.9. The number of nitrogens with one attached hydrogen (secondary N) is 1. The van der Waals surface area contributed by atoms with Crippen LogP contribution in [0.3, 0.4) is 0 Å². The second kappa shape index (κ2) is 21.2. The number of benzene rings is 5. The van der Waals surface area contributed by atoms with Crippen LogP contribution >= 0.6 is 0 Å². The first-order valence-corrected chi connectivity index (χ1v) is 24.2. The number of carbonyl (C=O) groups excluding carboxylic acids is 3. The van der Waals surface area contributed by atoms with Crippen LogP contribution in [0.5, 0.6) is 11.5 Å². The number of aromatic amines is 1. The van der Waals surface area contributed by atoms with Gasteiger partial charge in [-0.25, -0.2) is 4.79 Å². The minimum atomic E-state index is -2.11. The van der Waals surface area contributed by atoms with Crippen LogP contribution in [-0.4, -0.2) is 105 Å². The number of likely N-dealkylation sites (tertiary alicyclic amines) is 3. The van der Waals surface area contributed by atoms with E-state index in [2.05, 4.69) is 34.1 Å². The number of ether oxygens (including phenoxy) is 2. The van der Waals surface area contributed by atoms with Gasteiger partial charge >= 0.3 is 5.97 Å². The zero-order valence-corrected chi connectivity index (χ0v) is 38.8. The maximum atomic E-state index is 14.0. The highest BCUT2D eigenvalue weighted by Crippen LogP contribution is 2.36. The third-order valence-corrected chi connectivity index (χ3v) is 14.3. The fraction of sp³-hybridized carbons (Fsp3) is 0.357. The smallest absolute Gasteiger partial charge is 0.347 e. The number of aryl methyl sites for hydroxylation is 1. The summed E-state index contributed by atoms with van der Waals surface area (Å²) in [5.74, 6) is -0.409. The summed E-state index contributed by atoms with van der Waals surface area (Å²) in [7, 11) is 0. The Labute approximate surface area is 401 Å². The first-order chi connectivity index (χ1) is 33.5. The molecule has 3 saturated heterocycles. The summed E-state index contributed by atoms with van der Waals surface area (Å²) in [5, 5.41) is 34.0. The Morgan fingerprint density at radius 3 is 2.28 bits per heavy atom. The van der Waals surface area contributed by atoms with Crippen molar-refractivity contribution in [3.05, 3.63) is 177 Å². The molecule has 69 heavy (non-hydrogen) atoms. The summed E-state index contributed by atoms with van der Waals surface area (Å²) in [6.07, 6.45) is 4.68. The fourth-order valence-electron chi connectivity index (χ4n) is 10.3. The number of fused-ring (bicyclic) bond motifs is 2. The molecule has 13 nitrogen and oxygen atoms in total. The van der Waals surface area contributed by atoms with Gasteiger partial charge < -0.3 is 39.6 Å². The number of aliphatic hydroxyl groups is 2. The van der Waals surface area contributed by atoms with Gasteiger partial charge in [0.15, 0.2) is 6.61 Å². The SMILES string of the molecule is O=C(COc1cccc([C@](O)(C(=O)OCC2CCN(Cc3ccccc3)CC2)c2ccccc2)c1)N1C[C@H]2CCN(C(=O)c3ccc(CCCC[C@H](O)c4ccc(O)c5[nH]c(=O)ccc45)cc3)[C@H]2C1. The quantitative estimate of drug-likeness (QED) is 0.0545. The lowest BCUT2D eigenvalue weighted by Gasteiger charge is -2.33. The Morgan fingerprint density at radius 2 is 1.51 bits per heavy atom. The number of amides is 2. The number of rotatable bonds is 17. The van der Waals surface area contributed by atoms with Crippen molar-refractivity contribution in [1.82, 2.24) is 19.7 Å². The first kappa shape index (κ1) is 47.3. The van der Waals surface area contributed by atoms with E-state index < -0.39 is 17.7 Å². The van der Waals surface area contributed by atoms with E-state index in [1.54, 1.807) is 65.6 Å². The maximum Gasteiger partial charge on any atom is 0.347 e. The number of piperidine rings is 1. The van der Waals surface area contributed by atoms with Crippen molar-refractivity contribution in [2.24, 2.45) is 11.8 Å².